The van der Waals surface area contributed by atoms with Gasteiger partial charge in [-0.2, -0.15) is 0 Å². The number of thioether (sulfide) groups is 2. The van der Waals surface area contributed by atoms with Crippen LogP contribution in [0.5, 0.6) is 0 Å². The molecule has 6 amide bonds. The van der Waals surface area contributed by atoms with E-state index in [-0.39, 0.29) is 24.8 Å². The summed E-state index contributed by atoms with van der Waals surface area (Å²) in [7, 11) is 3.13. The molecule has 13 nitrogen and oxygen atoms in total. The van der Waals surface area contributed by atoms with Gasteiger partial charge in [-0.15, -0.1) is 23.5 Å². The van der Waals surface area contributed by atoms with Crippen LogP contribution in [0.2, 0.25) is 0 Å². The van der Waals surface area contributed by atoms with Crippen LogP contribution in [0.1, 0.15) is 83.4 Å². The van der Waals surface area contributed by atoms with Crippen molar-refractivity contribution in [3.05, 3.63) is 71.8 Å². The lowest BCUT2D eigenvalue weighted by Crippen LogP contribution is -2.59. The Balaban J connectivity index is 1.49. The molecule has 0 bridgehead atoms. The van der Waals surface area contributed by atoms with Crippen molar-refractivity contribution in [3.8, 4) is 0 Å². The van der Waals surface area contributed by atoms with Gasteiger partial charge >= 0.3 is 0 Å². The van der Waals surface area contributed by atoms with Crippen LogP contribution in [0.4, 0.5) is 0 Å². The van der Waals surface area contributed by atoms with Gasteiger partial charge in [0.05, 0.1) is 22.6 Å². The Morgan fingerprint density at radius 1 is 0.875 bits per heavy atom. The molecule has 304 valence electrons. The summed E-state index contributed by atoms with van der Waals surface area (Å²) in [5, 5.41) is 10.7. The fourth-order valence-electron chi connectivity index (χ4n) is 6.74. The predicted molar refractivity (Wildman–Crippen MR) is 219 cm³/mol. The van der Waals surface area contributed by atoms with E-state index in [0.717, 1.165) is 23.5 Å². The van der Waals surface area contributed by atoms with Crippen molar-refractivity contribution >= 4 is 64.8 Å². The molecule has 2 fully saturated rings. The zero-order valence-corrected chi connectivity index (χ0v) is 35.0. The molecule has 2 aromatic carbocycles. The summed E-state index contributed by atoms with van der Waals surface area (Å²) < 4.78 is -0.444. The lowest BCUT2D eigenvalue weighted by Gasteiger charge is -2.37. The minimum Gasteiger partial charge on any atom is -0.347 e. The van der Waals surface area contributed by atoms with Gasteiger partial charge in [0.2, 0.25) is 35.3 Å². The molecule has 2 heterocycles. The van der Waals surface area contributed by atoms with E-state index < -0.39 is 75.5 Å². The number of nitrogens with one attached hydrogen (secondary N) is 4. The van der Waals surface area contributed by atoms with Crippen LogP contribution in [0.15, 0.2) is 60.7 Å². The van der Waals surface area contributed by atoms with Gasteiger partial charge in [0, 0.05) is 27.1 Å². The molecule has 2 aliphatic rings. The summed E-state index contributed by atoms with van der Waals surface area (Å²) in [5.41, 5.74) is 0.653. The Bertz CT molecular complexity index is 1730. The molecule has 15 heteroatoms. The van der Waals surface area contributed by atoms with Gasteiger partial charge in [-0.25, -0.2) is 0 Å². The first kappa shape index (κ1) is 44.3. The normalized spacial score (nSPS) is 18.5. The third kappa shape index (κ3) is 11.4. The second kappa shape index (κ2) is 19.7. The smallest absolute Gasteiger partial charge is 0.290 e. The van der Waals surface area contributed by atoms with Gasteiger partial charge in [0.1, 0.15) is 18.1 Å². The van der Waals surface area contributed by atoms with Gasteiger partial charge in [0.25, 0.3) is 5.91 Å². The number of amides is 6. The third-order valence-corrected chi connectivity index (χ3v) is 13.3. The molecule has 2 aliphatic heterocycles. The number of hydrogen-bond acceptors (Lipinski definition) is 9. The molecule has 0 saturated carbocycles. The molecule has 4 rings (SSSR count). The average molecular weight is 809 g/mol. The summed E-state index contributed by atoms with van der Waals surface area (Å²) in [6.45, 7) is 8.89. The Kier molecular flexibility index (Phi) is 15.6. The largest absolute Gasteiger partial charge is 0.347 e. The number of hydrogen-bond donors (Lipinski definition) is 4. The highest BCUT2D eigenvalue weighted by molar-refractivity contribution is 8.18. The van der Waals surface area contributed by atoms with Gasteiger partial charge in [-0.05, 0) is 47.8 Å². The van der Waals surface area contributed by atoms with Crippen LogP contribution < -0.4 is 21.3 Å². The van der Waals surface area contributed by atoms with Crippen LogP contribution in [0, 0.1) is 5.41 Å². The first-order valence-electron chi connectivity index (χ1n) is 19.1. The fraction of sp³-hybridized carbons (Fsp3) is 0.537. The summed E-state index contributed by atoms with van der Waals surface area (Å²) >= 11 is 3.43. The standard InChI is InChI=1S/C41H56N6O7S2/c1-8-16-29(33(49)37(52)42-24-31(48)44-32(38(53)46(6)7)28-19-13-10-14-20-28)43-36(51)30-23-41(55-21-15-22-56-41)25-47(30)39(54)34(40(3,4)5)45-35(50)26(2)27-17-11-9-12-18-27/h9-14,17-20,26,29-30,32,34H,8,15-16,21-25H2,1-7H3,(H,42,52)(H,43,51)(H,44,48)(H,45,50)/t26-,29?,30-,32?,34+/m0/s1. The Morgan fingerprint density at radius 2 is 1.46 bits per heavy atom. The number of benzene rings is 2. The maximum Gasteiger partial charge on any atom is 0.290 e. The van der Waals surface area contributed by atoms with Crippen molar-refractivity contribution in [1.29, 1.82) is 0 Å². The lowest BCUT2D eigenvalue weighted by molar-refractivity contribution is -0.145. The molecule has 4 N–H and O–H groups in total. The molecule has 0 radical (unpaired) electrons. The van der Waals surface area contributed by atoms with Gasteiger partial charge < -0.3 is 31.1 Å². The van der Waals surface area contributed by atoms with E-state index >= 15 is 0 Å². The fourth-order valence-corrected chi connectivity index (χ4v) is 10.1. The number of carbonyl (C=O) groups is 7. The van der Waals surface area contributed by atoms with Crippen LogP contribution in [-0.2, 0) is 33.6 Å². The van der Waals surface area contributed by atoms with Gasteiger partial charge in [0.15, 0.2) is 0 Å². The molecular formula is C41H56N6O7S2. The first-order chi connectivity index (χ1) is 26.5. The van der Waals surface area contributed by atoms with E-state index in [9.17, 15) is 33.6 Å². The van der Waals surface area contributed by atoms with E-state index in [1.807, 2.05) is 58.0 Å². The topological polar surface area (TPSA) is 174 Å². The first-order valence-corrected chi connectivity index (χ1v) is 21.1. The zero-order chi connectivity index (χ0) is 41.2. The van der Waals surface area contributed by atoms with Crippen molar-refractivity contribution in [1.82, 2.24) is 31.1 Å². The number of ketones is 1. The Morgan fingerprint density at radius 3 is 2.02 bits per heavy atom. The van der Waals surface area contributed by atoms with Crippen molar-refractivity contribution in [3.63, 3.8) is 0 Å². The van der Waals surface area contributed by atoms with E-state index in [4.69, 9.17) is 0 Å². The lowest BCUT2D eigenvalue weighted by atomic mass is 9.85. The minimum absolute atomic E-state index is 0.144. The highest BCUT2D eigenvalue weighted by Crippen LogP contribution is 2.50. The predicted octanol–water partition coefficient (Wildman–Crippen LogP) is 3.40. The third-order valence-electron chi connectivity index (χ3n) is 9.96. The van der Waals surface area contributed by atoms with Crippen LogP contribution in [0.25, 0.3) is 0 Å². The summed E-state index contributed by atoms with van der Waals surface area (Å²) in [4.78, 5) is 97.8. The number of nitrogens with zero attached hydrogens (tertiary/aromatic N) is 2. The SMILES string of the molecule is CCCC(NC(=O)[C@@H]1CC2(CN1C(=O)[C@@H](NC(=O)[C@@H](C)c1ccccc1)C(C)(C)C)SCCCS2)C(=O)C(=O)NCC(=O)NC(C(=O)N(C)C)c1ccccc1. The summed E-state index contributed by atoms with van der Waals surface area (Å²) in [6.07, 6.45) is 1.93. The zero-order valence-electron chi connectivity index (χ0n) is 33.4. The van der Waals surface area contributed by atoms with Crippen LogP contribution in [0.3, 0.4) is 0 Å². The molecule has 1 spiro atoms. The van der Waals surface area contributed by atoms with Gasteiger partial charge in [-0.1, -0.05) is 94.8 Å². The molecule has 0 aromatic heterocycles. The number of likely N-dealkylation sites (tertiary alicyclic amines) is 1. The molecule has 5 atom stereocenters. The van der Waals surface area contributed by atoms with Gasteiger partial charge in [-0.3, -0.25) is 33.6 Å². The molecular weight excluding hydrogens is 753 g/mol. The number of rotatable bonds is 15. The molecule has 2 aromatic rings. The second-order valence-corrected chi connectivity index (χ2v) is 18.8. The quantitative estimate of drug-likeness (QED) is 0.197. The van der Waals surface area contributed by atoms with Crippen molar-refractivity contribution in [2.24, 2.45) is 5.41 Å². The number of Topliss-reactive ketones (excluding diaryl/α,β-unsaturated/α-hetero) is 1. The van der Waals surface area contributed by atoms with E-state index in [2.05, 4.69) is 21.3 Å². The second-order valence-electron chi connectivity index (χ2n) is 15.6. The van der Waals surface area contributed by atoms with Crippen LogP contribution in [-0.4, -0.2) is 112 Å². The molecule has 56 heavy (non-hydrogen) atoms. The average Bonchev–Trinajstić information content (AvgIpc) is 3.55. The highest BCUT2D eigenvalue weighted by Gasteiger charge is 2.53. The number of likely N-dealkylation sites (N-methyl/N-ethyl adjacent to an activating group) is 1. The van der Waals surface area contributed by atoms with E-state index in [1.165, 1.54) is 4.90 Å². The van der Waals surface area contributed by atoms with Crippen molar-refractivity contribution < 1.29 is 33.6 Å². The maximum atomic E-state index is 14.6. The monoisotopic (exact) mass is 808 g/mol. The van der Waals surface area contributed by atoms with Crippen molar-refractivity contribution in [2.75, 3.05) is 38.7 Å². The Hall–Kier alpha value is -4.37. The van der Waals surface area contributed by atoms with Crippen molar-refractivity contribution in [2.45, 2.75) is 94.5 Å². The number of carbonyl (C=O) groups excluding carboxylic acids is 7. The maximum absolute atomic E-state index is 14.6. The molecule has 2 unspecified atom stereocenters. The highest BCUT2D eigenvalue weighted by atomic mass is 32.2. The van der Waals surface area contributed by atoms with E-state index in [0.29, 0.717) is 18.4 Å². The molecule has 2 saturated heterocycles. The molecule has 0 aliphatic carbocycles. The van der Waals surface area contributed by atoms with Crippen LogP contribution >= 0.6 is 23.5 Å². The Labute approximate surface area is 338 Å². The van der Waals surface area contributed by atoms with E-state index in [1.54, 1.807) is 79.8 Å². The summed E-state index contributed by atoms with van der Waals surface area (Å²) in [6, 6.07) is 13.8. The minimum atomic E-state index is -1.21. The summed E-state index contributed by atoms with van der Waals surface area (Å²) in [5.74, 6) is -3.10.